The smallest absolute Gasteiger partial charge is 0.346 e. The summed E-state index contributed by atoms with van der Waals surface area (Å²) in [4.78, 5) is 12.7. The van der Waals surface area contributed by atoms with Crippen molar-refractivity contribution < 1.29 is 14.3 Å². The molecule has 2 atom stereocenters. The number of aryl methyl sites for hydroxylation is 1. The molecule has 2 aromatic carbocycles. The molecule has 23 heavy (non-hydrogen) atoms. The molecule has 1 aliphatic heterocycles. The first-order valence-electron chi connectivity index (χ1n) is 8.15. The Morgan fingerprint density at radius 2 is 1.83 bits per heavy atom. The van der Waals surface area contributed by atoms with Gasteiger partial charge in [-0.15, -0.1) is 0 Å². The van der Waals surface area contributed by atoms with Crippen molar-refractivity contribution >= 4 is 5.97 Å². The van der Waals surface area contributed by atoms with E-state index in [2.05, 4.69) is 6.92 Å². The topological polar surface area (TPSA) is 38.8 Å². The van der Waals surface area contributed by atoms with Crippen LogP contribution in [0.15, 0.2) is 54.6 Å². The van der Waals surface area contributed by atoms with Crippen LogP contribution in [0.25, 0.3) is 0 Å². The third kappa shape index (κ3) is 3.02. The van der Waals surface area contributed by atoms with E-state index >= 15 is 0 Å². The number of carbonyl (C=O) groups is 1. The minimum Gasteiger partial charge on any atom is -0.463 e. The minimum absolute atomic E-state index is 0.278. The monoisotopic (exact) mass is 310 g/mol. The Balaban J connectivity index is 1.88. The van der Waals surface area contributed by atoms with Crippen LogP contribution in [0.5, 0.6) is 0 Å². The third-order valence-corrected chi connectivity index (χ3v) is 4.23. The summed E-state index contributed by atoms with van der Waals surface area (Å²) >= 11 is 0. The molecule has 3 heteroatoms. The van der Waals surface area contributed by atoms with Gasteiger partial charge in [-0.3, -0.25) is 0 Å². The molecule has 1 heterocycles. The number of carbonyl (C=O) groups excluding carboxylic acids is 1. The molecule has 3 nitrogen and oxygen atoms in total. The van der Waals surface area contributed by atoms with Crippen LogP contribution in [0.3, 0.4) is 0 Å². The average molecular weight is 310 g/mol. The number of hydrogen-bond acceptors (Lipinski definition) is 3. The maximum atomic E-state index is 12.7. The van der Waals surface area contributed by atoms with E-state index in [0.717, 1.165) is 24.0 Å². The maximum absolute atomic E-state index is 12.7. The quantitative estimate of drug-likeness (QED) is 0.453. The van der Waals surface area contributed by atoms with E-state index in [-0.39, 0.29) is 12.1 Å². The summed E-state index contributed by atoms with van der Waals surface area (Å²) in [5.41, 5.74) is 2.05. The lowest BCUT2D eigenvalue weighted by molar-refractivity contribution is -0.150. The van der Waals surface area contributed by atoms with Crippen LogP contribution in [0.2, 0.25) is 0 Å². The summed E-state index contributed by atoms with van der Waals surface area (Å²) in [5.74, 6) is -0.289. The highest BCUT2D eigenvalue weighted by Crippen LogP contribution is 2.57. The first-order chi connectivity index (χ1) is 11.2. The van der Waals surface area contributed by atoms with Gasteiger partial charge < -0.3 is 9.47 Å². The molecule has 0 spiro atoms. The Hall–Kier alpha value is -2.13. The zero-order valence-electron chi connectivity index (χ0n) is 13.6. The molecule has 3 rings (SSSR count). The zero-order valence-corrected chi connectivity index (χ0v) is 13.6. The molecular formula is C20H22O3. The van der Waals surface area contributed by atoms with Gasteiger partial charge in [-0.25, -0.2) is 4.79 Å². The first kappa shape index (κ1) is 15.8. The second-order valence-corrected chi connectivity index (χ2v) is 6.00. The molecule has 1 aliphatic rings. The molecule has 120 valence electrons. The molecule has 0 bridgehead atoms. The lowest BCUT2D eigenvalue weighted by Crippen LogP contribution is -2.26. The van der Waals surface area contributed by atoms with Crippen LogP contribution in [0.4, 0.5) is 0 Å². The van der Waals surface area contributed by atoms with Crippen molar-refractivity contribution in [2.45, 2.75) is 38.4 Å². The van der Waals surface area contributed by atoms with E-state index < -0.39 is 5.60 Å². The van der Waals surface area contributed by atoms with Gasteiger partial charge in [-0.1, -0.05) is 73.5 Å². The van der Waals surface area contributed by atoms with Gasteiger partial charge in [0.05, 0.1) is 6.61 Å². The van der Waals surface area contributed by atoms with Gasteiger partial charge in [-0.2, -0.15) is 0 Å². The molecular weight excluding hydrogens is 288 g/mol. The summed E-state index contributed by atoms with van der Waals surface area (Å²) in [6.07, 6.45) is 1.58. The van der Waals surface area contributed by atoms with Crippen LogP contribution in [-0.4, -0.2) is 12.6 Å². The molecule has 0 saturated carbocycles. The Bertz CT molecular complexity index is 663. The predicted molar refractivity (Wildman–Crippen MR) is 89.0 cm³/mol. The van der Waals surface area contributed by atoms with Crippen molar-refractivity contribution in [3.63, 3.8) is 0 Å². The van der Waals surface area contributed by atoms with Gasteiger partial charge in [0.1, 0.15) is 6.10 Å². The second-order valence-electron chi connectivity index (χ2n) is 6.00. The predicted octanol–water partition coefficient (Wildman–Crippen LogP) is 4.31. The summed E-state index contributed by atoms with van der Waals surface area (Å²) in [6.45, 7) is 4.55. The van der Waals surface area contributed by atoms with Crippen molar-refractivity contribution in [2.24, 2.45) is 0 Å². The lowest BCUT2D eigenvalue weighted by atomic mass is 9.91. The second kappa shape index (κ2) is 6.55. The summed E-state index contributed by atoms with van der Waals surface area (Å²) < 4.78 is 11.4. The highest BCUT2D eigenvalue weighted by atomic mass is 16.7. The van der Waals surface area contributed by atoms with Gasteiger partial charge in [0.15, 0.2) is 0 Å². The lowest BCUT2D eigenvalue weighted by Gasteiger charge is -2.13. The van der Waals surface area contributed by atoms with E-state index in [4.69, 9.17) is 9.47 Å². The number of benzene rings is 2. The van der Waals surface area contributed by atoms with Crippen molar-refractivity contribution in [3.05, 3.63) is 71.3 Å². The van der Waals surface area contributed by atoms with Crippen molar-refractivity contribution in [1.29, 1.82) is 0 Å². The van der Waals surface area contributed by atoms with Gasteiger partial charge in [-0.05, 0) is 24.5 Å². The van der Waals surface area contributed by atoms with Crippen LogP contribution in [-0.2, 0) is 19.9 Å². The molecule has 0 amide bonds. The molecule has 2 unspecified atom stereocenters. The fourth-order valence-electron chi connectivity index (χ4n) is 2.79. The molecule has 1 saturated heterocycles. The van der Waals surface area contributed by atoms with Crippen molar-refractivity contribution in [1.82, 2.24) is 0 Å². The molecule has 0 aliphatic carbocycles. The summed E-state index contributed by atoms with van der Waals surface area (Å²) in [6, 6.07) is 17.7. The van der Waals surface area contributed by atoms with Crippen molar-refractivity contribution in [2.75, 3.05) is 6.61 Å². The Morgan fingerprint density at radius 3 is 2.48 bits per heavy atom. The number of hydrogen-bond donors (Lipinski definition) is 0. The highest BCUT2D eigenvalue weighted by Gasteiger charge is 2.65. The largest absolute Gasteiger partial charge is 0.463 e. The standard InChI is InChI=1S/C20H22O3/c1-3-4-14-22-19(21)20(17-8-6-5-7-9-17)18(23-20)16-12-10-15(2)11-13-16/h5-13,18H,3-4,14H2,1-2H3. The fourth-order valence-corrected chi connectivity index (χ4v) is 2.79. The maximum Gasteiger partial charge on any atom is 0.346 e. The highest BCUT2D eigenvalue weighted by molar-refractivity contribution is 5.85. The van der Waals surface area contributed by atoms with E-state index in [1.54, 1.807) is 0 Å². The fraction of sp³-hybridized carbons (Fsp3) is 0.350. The Morgan fingerprint density at radius 1 is 1.13 bits per heavy atom. The van der Waals surface area contributed by atoms with Gasteiger partial charge >= 0.3 is 5.97 Å². The van der Waals surface area contributed by atoms with Crippen molar-refractivity contribution in [3.8, 4) is 0 Å². The van der Waals surface area contributed by atoms with Crippen LogP contribution >= 0.6 is 0 Å². The number of epoxide rings is 1. The summed E-state index contributed by atoms with van der Waals surface area (Å²) in [7, 11) is 0. The van der Waals surface area contributed by atoms with Gasteiger partial charge in [0.2, 0.25) is 5.60 Å². The summed E-state index contributed by atoms with van der Waals surface area (Å²) in [5, 5.41) is 0. The Kier molecular flexibility index (Phi) is 4.49. The minimum atomic E-state index is -0.996. The molecule has 1 fully saturated rings. The molecule has 0 aromatic heterocycles. The van der Waals surface area contributed by atoms with Gasteiger partial charge in [0.25, 0.3) is 0 Å². The molecule has 0 radical (unpaired) electrons. The van der Waals surface area contributed by atoms with E-state index in [1.807, 2.05) is 61.5 Å². The van der Waals surface area contributed by atoms with Crippen LogP contribution in [0, 0.1) is 6.92 Å². The van der Waals surface area contributed by atoms with Crippen LogP contribution in [0.1, 0.15) is 42.6 Å². The third-order valence-electron chi connectivity index (χ3n) is 4.23. The number of rotatable bonds is 6. The van der Waals surface area contributed by atoms with E-state index in [9.17, 15) is 4.79 Å². The molecule has 2 aromatic rings. The number of esters is 1. The average Bonchev–Trinajstić information content (AvgIpc) is 3.33. The zero-order chi connectivity index (χ0) is 16.3. The van der Waals surface area contributed by atoms with Crippen LogP contribution < -0.4 is 0 Å². The first-order valence-corrected chi connectivity index (χ1v) is 8.15. The SMILES string of the molecule is CCCCOC(=O)C1(c2ccccc2)OC1c1ccc(C)cc1. The van der Waals surface area contributed by atoms with Gasteiger partial charge in [0, 0.05) is 0 Å². The molecule has 0 N–H and O–H groups in total. The van der Waals surface area contributed by atoms with E-state index in [1.165, 1.54) is 5.56 Å². The normalized spacial score (nSPS) is 22.6. The number of unbranched alkanes of at least 4 members (excludes halogenated alkanes) is 1. The van der Waals surface area contributed by atoms with E-state index in [0.29, 0.717) is 6.61 Å². The number of ether oxygens (including phenoxy) is 2. The Labute approximate surface area is 137 Å².